The van der Waals surface area contributed by atoms with Crippen molar-refractivity contribution in [2.24, 2.45) is 0 Å². The van der Waals surface area contributed by atoms with E-state index in [9.17, 15) is 27.6 Å². The molecule has 3 heterocycles. The summed E-state index contributed by atoms with van der Waals surface area (Å²) in [6.45, 7) is -0.309. The minimum absolute atomic E-state index is 0.0185. The van der Waals surface area contributed by atoms with E-state index < -0.39 is 29.8 Å². The fourth-order valence-corrected chi connectivity index (χ4v) is 4.23. The van der Waals surface area contributed by atoms with Crippen molar-refractivity contribution in [3.8, 4) is 5.82 Å². The maximum Gasteiger partial charge on any atom is 0.436 e. The molecule has 19 heteroatoms. The van der Waals surface area contributed by atoms with E-state index in [-0.39, 0.29) is 50.1 Å². The van der Waals surface area contributed by atoms with Crippen LogP contribution >= 0.6 is 34.8 Å². The number of aromatic nitrogens is 6. The normalized spacial score (nSPS) is 11.2. The molecule has 0 radical (unpaired) electrons. The lowest BCUT2D eigenvalue weighted by atomic mass is 10.1. The topological polar surface area (TPSA) is 149 Å². The van der Waals surface area contributed by atoms with Gasteiger partial charge in [-0.05, 0) is 30.3 Å². The molecule has 3 amide bonds. The summed E-state index contributed by atoms with van der Waals surface area (Å²) in [5, 5.41) is 14.1. The number of amides is 3. The molecule has 2 N–H and O–H groups in total. The Labute approximate surface area is 249 Å². The number of hydrogen-bond acceptors (Lipinski definition) is 8. The first kappa shape index (κ1) is 30.5. The molecule has 42 heavy (non-hydrogen) atoms. The van der Waals surface area contributed by atoms with Gasteiger partial charge in [-0.3, -0.25) is 15.0 Å². The monoisotopic (exact) mass is 645 g/mol. The Morgan fingerprint density at radius 2 is 1.83 bits per heavy atom. The van der Waals surface area contributed by atoms with Gasteiger partial charge < -0.3 is 10.1 Å². The highest BCUT2D eigenvalue weighted by molar-refractivity contribution is 6.38. The molecule has 4 rings (SSSR count). The van der Waals surface area contributed by atoms with Crippen LogP contribution in [0.25, 0.3) is 5.82 Å². The third kappa shape index (κ3) is 6.72. The molecule has 0 spiro atoms. The molecular weight excluding hydrogens is 630 g/mol. The number of nitrogens with one attached hydrogen (secondary N) is 2. The number of rotatable bonds is 6. The van der Waals surface area contributed by atoms with E-state index in [0.717, 1.165) is 21.5 Å². The Kier molecular flexibility index (Phi) is 8.89. The summed E-state index contributed by atoms with van der Waals surface area (Å²) in [6, 6.07) is 6.74. The molecule has 1 aromatic carbocycles. The Bertz CT molecular complexity index is 1680. The largest absolute Gasteiger partial charge is 0.452 e. The number of halogens is 6. The average molecular weight is 647 g/mol. The Morgan fingerprint density at radius 1 is 1.10 bits per heavy atom. The smallest absolute Gasteiger partial charge is 0.436 e. The standard InChI is InChI=1S/C23H17Cl3F3N9O4/c1-36(22(41)42-2)34-20(39)13-6-11(24)7-15(26)18(13)31-21(40)16-8-12(9-37-10-17(32-35-37)23(27,28)29)33-38(16)19-14(25)4-3-5-30-19/h3-8,10H,9H2,1-2H3,(H,31,40)(H,34,39). The molecular formula is C23H17Cl3F3N9O4. The first-order chi connectivity index (χ1) is 19.8. The molecule has 0 aliphatic carbocycles. The lowest BCUT2D eigenvalue weighted by Crippen LogP contribution is -2.43. The number of hydrogen-bond donors (Lipinski definition) is 2. The summed E-state index contributed by atoms with van der Waals surface area (Å²) >= 11 is 18.7. The third-order valence-electron chi connectivity index (χ3n) is 5.34. The second-order valence-corrected chi connectivity index (χ2v) is 9.53. The van der Waals surface area contributed by atoms with Gasteiger partial charge in [0.05, 0.1) is 46.8 Å². The summed E-state index contributed by atoms with van der Waals surface area (Å²) in [7, 11) is 2.33. The first-order valence-electron chi connectivity index (χ1n) is 11.4. The van der Waals surface area contributed by atoms with Crippen LogP contribution in [0, 0.1) is 0 Å². The van der Waals surface area contributed by atoms with Gasteiger partial charge in [-0.15, -0.1) is 5.10 Å². The summed E-state index contributed by atoms with van der Waals surface area (Å²) < 4.78 is 45.4. The van der Waals surface area contributed by atoms with Crippen molar-refractivity contribution >= 4 is 58.4 Å². The van der Waals surface area contributed by atoms with E-state index in [0.29, 0.717) is 6.20 Å². The van der Waals surface area contributed by atoms with Crippen LogP contribution in [-0.2, 0) is 17.5 Å². The van der Waals surface area contributed by atoms with E-state index >= 15 is 0 Å². The van der Waals surface area contributed by atoms with Gasteiger partial charge >= 0.3 is 12.3 Å². The molecule has 0 saturated carbocycles. The quantitative estimate of drug-likeness (QED) is 0.291. The molecule has 0 unspecified atom stereocenters. The molecule has 220 valence electrons. The van der Waals surface area contributed by atoms with Crippen LogP contribution in [-0.4, -0.2) is 66.8 Å². The fourth-order valence-electron chi connectivity index (χ4n) is 3.49. The minimum atomic E-state index is -4.71. The second-order valence-electron chi connectivity index (χ2n) is 8.27. The fraction of sp³-hybridized carbons (Fsp3) is 0.174. The number of methoxy groups -OCH3 is 1. The van der Waals surface area contributed by atoms with E-state index in [4.69, 9.17) is 34.8 Å². The molecule has 13 nitrogen and oxygen atoms in total. The highest BCUT2D eigenvalue weighted by Gasteiger charge is 2.34. The number of pyridine rings is 1. The zero-order valence-corrected chi connectivity index (χ0v) is 23.5. The highest BCUT2D eigenvalue weighted by atomic mass is 35.5. The minimum Gasteiger partial charge on any atom is -0.452 e. The number of hydrazine groups is 1. The molecule has 0 aliphatic heterocycles. The van der Waals surface area contributed by atoms with Crippen molar-refractivity contribution in [3.05, 3.63) is 80.4 Å². The SMILES string of the molecule is COC(=O)N(C)NC(=O)c1cc(Cl)cc(Cl)c1NC(=O)c1cc(Cn2cc(C(F)(F)F)nn2)nn1-c1ncccc1Cl. The molecule has 0 bridgehead atoms. The van der Waals surface area contributed by atoms with Gasteiger partial charge in [0.1, 0.15) is 5.69 Å². The van der Waals surface area contributed by atoms with Gasteiger partial charge in [-0.1, -0.05) is 40.0 Å². The van der Waals surface area contributed by atoms with Crippen molar-refractivity contribution in [1.29, 1.82) is 0 Å². The summed E-state index contributed by atoms with van der Waals surface area (Å²) in [5.74, 6) is -1.73. The number of carbonyl (C=O) groups excluding carboxylic acids is 3. The molecule has 0 aliphatic rings. The van der Waals surface area contributed by atoms with Gasteiger partial charge in [0.2, 0.25) is 0 Å². The van der Waals surface area contributed by atoms with Crippen LogP contribution in [0.5, 0.6) is 0 Å². The third-order valence-corrected chi connectivity index (χ3v) is 6.15. The van der Waals surface area contributed by atoms with Crippen LogP contribution in [0.1, 0.15) is 32.2 Å². The number of anilines is 1. The maximum absolute atomic E-state index is 13.6. The summed E-state index contributed by atoms with van der Waals surface area (Å²) in [4.78, 5) is 42.4. The van der Waals surface area contributed by atoms with E-state index in [1.54, 1.807) is 0 Å². The highest BCUT2D eigenvalue weighted by Crippen LogP contribution is 2.32. The van der Waals surface area contributed by atoms with Crippen molar-refractivity contribution in [2.45, 2.75) is 12.7 Å². The van der Waals surface area contributed by atoms with Crippen molar-refractivity contribution < 1.29 is 32.3 Å². The van der Waals surface area contributed by atoms with Crippen LogP contribution in [0.2, 0.25) is 15.1 Å². The van der Waals surface area contributed by atoms with Crippen molar-refractivity contribution in [2.75, 3.05) is 19.5 Å². The molecule has 0 atom stereocenters. The van der Waals surface area contributed by atoms with E-state index in [1.165, 1.54) is 43.6 Å². The Balaban J connectivity index is 1.72. The van der Waals surface area contributed by atoms with Crippen LogP contribution < -0.4 is 10.7 Å². The lowest BCUT2D eigenvalue weighted by Gasteiger charge is -2.19. The maximum atomic E-state index is 13.6. The number of alkyl halides is 3. The molecule has 4 aromatic rings. The van der Waals surface area contributed by atoms with E-state index in [1.807, 2.05) is 0 Å². The van der Waals surface area contributed by atoms with Gasteiger partial charge in [0.25, 0.3) is 11.8 Å². The summed E-state index contributed by atoms with van der Waals surface area (Å²) in [5.41, 5.74) is 0.527. The summed E-state index contributed by atoms with van der Waals surface area (Å²) in [6.07, 6.45) is -3.54. The second kappa shape index (κ2) is 12.2. The average Bonchev–Trinajstić information content (AvgIpc) is 3.57. The predicted molar refractivity (Wildman–Crippen MR) is 143 cm³/mol. The van der Waals surface area contributed by atoms with Crippen LogP contribution in [0.15, 0.2) is 42.7 Å². The number of nitrogens with zero attached hydrogens (tertiary/aromatic N) is 7. The van der Waals surface area contributed by atoms with Gasteiger partial charge in [0, 0.05) is 18.3 Å². The molecule has 0 saturated heterocycles. The van der Waals surface area contributed by atoms with Crippen LogP contribution in [0.3, 0.4) is 0 Å². The van der Waals surface area contributed by atoms with Crippen molar-refractivity contribution in [3.63, 3.8) is 0 Å². The zero-order chi connectivity index (χ0) is 30.8. The molecule has 3 aromatic heterocycles. The predicted octanol–water partition coefficient (Wildman–Crippen LogP) is 4.48. The lowest BCUT2D eigenvalue weighted by molar-refractivity contribution is -0.141. The van der Waals surface area contributed by atoms with Gasteiger partial charge in [-0.2, -0.15) is 18.3 Å². The number of ether oxygens (including phenoxy) is 1. The van der Waals surface area contributed by atoms with Crippen molar-refractivity contribution in [1.82, 2.24) is 40.2 Å². The Hall–Kier alpha value is -4.41. The molecule has 0 fully saturated rings. The van der Waals surface area contributed by atoms with Gasteiger partial charge in [0.15, 0.2) is 11.5 Å². The van der Waals surface area contributed by atoms with Crippen LogP contribution in [0.4, 0.5) is 23.7 Å². The number of benzene rings is 1. The zero-order valence-electron chi connectivity index (χ0n) is 21.3. The Morgan fingerprint density at radius 3 is 2.48 bits per heavy atom. The van der Waals surface area contributed by atoms with E-state index in [2.05, 4.69) is 35.9 Å². The van der Waals surface area contributed by atoms with Gasteiger partial charge in [-0.25, -0.2) is 24.2 Å². The number of carbonyl (C=O) groups is 3. The first-order valence-corrected chi connectivity index (χ1v) is 12.5.